The van der Waals surface area contributed by atoms with Gasteiger partial charge in [0.15, 0.2) is 0 Å². The van der Waals surface area contributed by atoms with Gasteiger partial charge in [-0.05, 0) is 30.7 Å². The summed E-state index contributed by atoms with van der Waals surface area (Å²) in [4.78, 5) is 4.79. The van der Waals surface area contributed by atoms with Gasteiger partial charge < -0.3 is 15.0 Å². The predicted molar refractivity (Wildman–Crippen MR) is 86.2 cm³/mol. The lowest BCUT2D eigenvalue weighted by molar-refractivity contribution is 0.188. The molecule has 0 unspecified atom stereocenters. The van der Waals surface area contributed by atoms with E-state index in [1.807, 2.05) is 37.3 Å². The molecular formula is C17H19N3O. The van der Waals surface area contributed by atoms with Crippen LogP contribution in [0.4, 0.5) is 5.69 Å². The van der Waals surface area contributed by atoms with Crippen LogP contribution in [0, 0.1) is 6.92 Å². The maximum Gasteiger partial charge on any atom is 0.141 e. The number of anilines is 1. The number of hydrogen-bond donors (Lipinski definition) is 1. The molecule has 2 aromatic carbocycles. The average molecular weight is 281 g/mol. The minimum atomic E-state index is 0.648. The maximum absolute atomic E-state index is 6.04. The van der Waals surface area contributed by atoms with Gasteiger partial charge in [0, 0.05) is 24.9 Å². The Morgan fingerprint density at radius 1 is 1.14 bits per heavy atom. The Morgan fingerprint density at radius 2 is 1.95 bits per heavy atom. The summed E-state index contributed by atoms with van der Waals surface area (Å²) in [5.74, 6) is 0.943. The van der Waals surface area contributed by atoms with Crippen molar-refractivity contribution in [2.24, 2.45) is 0 Å². The molecule has 0 saturated carbocycles. The fraction of sp³-hybridized carbons (Fsp3) is 0.235. The summed E-state index contributed by atoms with van der Waals surface area (Å²) in [6, 6.07) is 14.1. The normalized spacial score (nSPS) is 11.1. The SMILES string of the molecule is COCCn1c(-c2cccc(N)c2C)nc2ccccc21. The number of methoxy groups -OCH3 is 1. The highest BCUT2D eigenvalue weighted by Gasteiger charge is 2.14. The van der Waals surface area contributed by atoms with Gasteiger partial charge in [0.25, 0.3) is 0 Å². The summed E-state index contributed by atoms with van der Waals surface area (Å²) in [7, 11) is 1.71. The third-order valence-electron chi connectivity index (χ3n) is 3.79. The zero-order valence-corrected chi connectivity index (χ0v) is 12.3. The van der Waals surface area contributed by atoms with E-state index in [0.29, 0.717) is 6.61 Å². The fourth-order valence-corrected chi connectivity index (χ4v) is 2.59. The second-order valence-electron chi connectivity index (χ2n) is 5.09. The molecule has 0 fully saturated rings. The first-order valence-electron chi connectivity index (χ1n) is 7.02. The number of ether oxygens (including phenoxy) is 1. The van der Waals surface area contributed by atoms with E-state index >= 15 is 0 Å². The first kappa shape index (κ1) is 13.6. The Bertz CT molecular complexity index is 777. The molecule has 4 nitrogen and oxygen atoms in total. The van der Waals surface area contributed by atoms with Crippen molar-refractivity contribution in [1.82, 2.24) is 9.55 Å². The number of aromatic nitrogens is 2. The van der Waals surface area contributed by atoms with Crippen LogP contribution in [0.25, 0.3) is 22.4 Å². The second-order valence-corrected chi connectivity index (χ2v) is 5.09. The maximum atomic E-state index is 6.04. The molecule has 0 bridgehead atoms. The standard InChI is InChI=1S/C17H19N3O/c1-12-13(6-5-7-14(12)18)17-19-15-8-3-4-9-16(15)20(17)10-11-21-2/h3-9H,10-11,18H2,1-2H3. The van der Waals surface area contributed by atoms with Crippen LogP contribution in [-0.4, -0.2) is 23.3 Å². The Labute approximate surface area is 124 Å². The van der Waals surface area contributed by atoms with Crippen LogP contribution in [0.2, 0.25) is 0 Å². The van der Waals surface area contributed by atoms with E-state index in [9.17, 15) is 0 Å². The van der Waals surface area contributed by atoms with E-state index in [-0.39, 0.29) is 0 Å². The van der Waals surface area contributed by atoms with Crippen molar-refractivity contribution in [3.8, 4) is 11.4 Å². The Morgan fingerprint density at radius 3 is 2.76 bits per heavy atom. The van der Waals surface area contributed by atoms with Gasteiger partial charge >= 0.3 is 0 Å². The van der Waals surface area contributed by atoms with Gasteiger partial charge in [0.2, 0.25) is 0 Å². The van der Waals surface area contributed by atoms with Gasteiger partial charge in [0.05, 0.1) is 17.6 Å². The molecule has 0 amide bonds. The molecule has 108 valence electrons. The molecule has 1 heterocycles. The molecule has 21 heavy (non-hydrogen) atoms. The quantitative estimate of drug-likeness (QED) is 0.747. The molecule has 3 rings (SSSR count). The van der Waals surface area contributed by atoms with Crippen molar-refractivity contribution >= 4 is 16.7 Å². The van der Waals surface area contributed by atoms with Crippen LogP contribution in [0.1, 0.15) is 5.56 Å². The summed E-state index contributed by atoms with van der Waals surface area (Å²) >= 11 is 0. The van der Waals surface area contributed by atoms with Crippen LogP contribution in [-0.2, 0) is 11.3 Å². The van der Waals surface area contributed by atoms with Gasteiger partial charge in [-0.25, -0.2) is 4.98 Å². The molecule has 0 aliphatic rings. The van der Waals surface area contributed by atoms with Gasteiger partial charge in [-0.3, -0.25) is 0 Å². The topological polar surface area (TPSA) is 53.1 Å². The number of para-hydroxylation sites is 2. The van der Waals surface area contributed by atoms with E-state index in [1.54, 1.807) is 7.11 Å². The van der Waals surface area contributed by atoms with Crippen molar-refractivity contribution in [1.29, 1.82) is 0 Å². The molecule has 1 aromatic heterocycles. The van der Waals surface area contributed by atoms with Crippen LogP contribution < -0.4 is 5.73 Å². The van der Waals surface area contributed by atoms with Gasteiger partial charge in [-0.1, -0.05) is 24.3 Å². The fourth-order valence-electron chi connectivity index (χ4n) is 2.59. The van der Waals surface area contributed by atoms with Crippen molar-refractivity contribution < 1.29 is 4.74 Å². The number of hydrogen-bond acceptors (Lipinski definition) is 3. The lowest BCUT2D eigenvalue weighted by Crippen LogP contribution is -2.06. The minimum absolute atomic E-state index is 0.648. The number of nitrogen functional groups attached to an aromatic ring is 1. The van der Waals surface area contributed by atoms with Crippen molar-refractivity contribution in [3.05, 3.63) is 48.0 Å². The van der Waals surface area contributed by atoms with Crippen molar-refractivity contribution in [2.45, 2.75) is 13.5 Å². The van der Waals surface area contributed by atoms with E-state index in [1.165, 1.54) is 0 Å². The largest absolute Gasteiger partial charge is 0.398 e. The van der Waals surface area contributed by atoms with E-state index in [0.717, 1.165) is 40.2 Å². The number of rotatable bonds is 4. The number of nitrogens with two attached hydrogens (primary N) is 1. The van der Waals surface area contributed by atoms with Crippen molar-refractivity contribution in [3.63, 3.8) is 0 Å². The summed E-state index contributed by atoms with van der Waals surface area (Å²) in [6.45, 7) is 3.44. The highest BCUT2D eigenvalue weighted by Crippen LogP contribution is 2.29. The van der Waals surface area contributed by atoms with Crippen LogP contribution in [0.15, 0.2) is 42.5 Å². The zero-order valence-electron chi connectivity index (χ0n) is 12.3. The van der Waals surface area contributed by atoms with Crippen LogP contribution in [0.3, 0.4) is 0 Å². The summed E-state index contributed by atoms with van der Waals surface area (Å²) in [6.07, 6.45) is 0. The van der Waals surface area contributed by atoms with Gasteiger partial charge in [0.1, 0.15) is 5.82 Å². The molecule has 0 aliphatic carbocycles. The van der Waals surface area contributed by atoms with Crippen LogP contribution in [0.5, 0.6) is 0 Å². The van der Waals surface area contributed by atoms with Gasteiger partial charge in [-0.2, -0.15) is 0 Å². The molecule has 0 atom stereocenters. The summed E-state index contributed by atoms with van der Waals surface area (Å²) < 4.78 is 7.43. The third kappa shape index (κ3) is 2.38. The number of fused-ring (bicyclic) bond motifs is 1. The van der Waals surface area contributed by atoms with Crippen LogP contribution >= 0.6 is 0 Å². The number of nitrogens with zero attached hydrogens (tertiary/aromatic N) is 2. The zero-order chi connectivity index (χ0) is 14.8. The lowest BCUT2D eigenvalue weighted by Gasteiger charge is -2.11. The number of imidazole rings is 1. The average Bonchev–Trinajstić information content (AvgIpc) is 2.86. The monoisotopic (exact) mass is 281 g/mol. The number of benzene rings is 2. The highest BCUT2D eigenvalue weighted by molar-refractivity contribution is 5.82. The molecule has 0 saturated heterocycles. The molecule has 0 spiro atoms. The van der Waals surface area contributed by atoms with E-state index < -0.39 is 0 Å². The summed E-state index contributed by atoms with van der Waals surface area (Å²) in [5.41, 5.74) is 11.1. The first-order chi connectivity index (χ1) is 10.2. The molecule has 0 aliphatic heterocycles. The minimum Gasteiger partial charge on any atom is -0.398 e. The van der Waals surface area contributed by atoms with Crippen molar-refractivity contribution in [2.75, 3.05) is 19.5 Å². The Balaban J connectivity index is 2.23. The Hall–Kier alpha value is -2.33. The Kier molecular flexibility index (Phi) is 3.62. The lowest BCUT2D eigenvalue weighted by atomic mass is 10.1. The predicted octanol–water partition coefficient (Wildman–Crippen LogP) is 3.24. The first-order valence-corrected chi connectivity index (χ1v) is 7.02. The highest BCUT2D eigenvalue weighted by atomic mass is 16.5. The second kappa shape index (κ2) is 5.58. The molecular weight excluding hydrogens is 262 g/mol. The molecule has 3 aromatic rings. The van der Waals surface area contributed by atoms with E-state index in [4.69, 9.17) is 15.5 Å². The third-order valence-corrected chi connectivity index (χ3v) is 3.79. The molecule has 0 radical (unpaired) electrons. The summed E-state index contributed by atoms with van der Waals surface area (Å²) in [5, 5.41) is 0. The smallest absolute Gasteiger partial charge is 0.141 e. The van der Waals surface area contributed by atoms with E-state index in [2.05, 4.69) is 16.7 Å². The van der Waals surface area contributed by atoms with Gasteiger partial charge in [-0.15, -0.1) is 0 Å². The molecule has 2 N–H and O–H groups in total. The molecule has 4 heteroatoms.